The lowest BCUT2D eigenvalue weighted by atomic mass is 9.99. The fourth-order valence-electron chi connectivity index (χ4n) is 2.27. The lowest BCUT2D eigenvalue weighted by Crippen LogP contribution is -2.22. The molecule has 1 aromatic carbocycles. The van der Waals surface area contributed by atoms with E-state index in [1.54, 1.807) is 14.1 Å². The summed E-state index contributed by atoms with van der Waals surface area (Å²) < 4.78 is 19.9. The van der Waals surface area contributed by atoms with Crippen molar-refractivity contribution >= 4 is 23.3 Å². The number of halogens is 2. The summed E-state index contributed by atoms with van der Waals surface area (Å²) in [5, 5.41) is -0.201. The summed E-state index contributed by atoms with van der Waals surface area (Å²) in [4.78, 5) is 29.2. The molecule has 0 spiro atoms. The van der Waals surface area contributed by atoms with Gasteiger partial charge in [-0.25, -0.2) is 4.39 Å². The molecule has 24 heavy (non-hydrogen) atoms. The Kier molecular flexibility index (Phi) is 5.19. The van der Waals surface area contributed by atoms with Crippen LogP contribution in [-0.4, -0.2) is 42.8 Å². The molecule has 0 saturated heterocycles. The largest absolute Gasteiger partial charge is 0.495 e. The summed E-state index contributed by atoms with van der Waals surface area (Å²) in [5.41, 5.74) is 0.666. The van der Waals surface area contributed by atoms with Crippen molar-refractivity contribution in [2.75, 3.05) is 21.2 Å². The molecule has 1 amide bonds. The molecule has 0 aliphatic heterocycles. The highest BCUT2D eigenvalue weighted by Gasteiger charge is 2.23. The summed E-state index contributed by atoms with van der Waals surface area (Å²) in [6.07, 6.45) is 1.39. The van der Waals surface area contributed by atoms with E-state index in [1.165, 1.54) is 43.3 Å². The topological polar surface area (TPSA) is 59.5 Å². The van der Waals surface area contributed by atoms with Crippen LogP contribution < -0.4 is 4.74 Å². The third-order valence-corrected chi connectivity index (χ3v) is 3.70. The van der Waals surface area contributed by atoms with Crippen LogP contribution in [0.1, 0.15) is 27.8 Å². The van der Waals surface area contributed by atoms with E-state index in [4.69, 9.17) is 16.3 Å². The summed E-state index contributed by atoms with van der Waals surface area (Å²) in [6, 6.07) is 4.19. The van der Waals surface area contributed by atoms with Gasteiger partial charge < -0.3 is 9.64 Å². The minimum atomic E-state index is -0.729. The molecule has 0 saturated carbocycles. The van der Waals surface area contributed by atoms with E-state index in [0.29, 0.717) is 5.56 Å². The fourth-order valence-corrected chi connectivity index (χ4v) is 2.48. The highest BCUT2D eigenvalue weighted by Crippen LogP contribution is 2.39. The molecule has 7 heteroatoms. The standard InChI is InChI=1S/C17H16ClFN2O3/c1-9(22)11-8-12(18)15(19)14(16(11)24-4)10-5-6-20-13(7-10)17(23)21(2)3/h5-8H,1-4H3. The molecule has 0 atom stereocenters. The number of pyridine rings is 1. The van der Waals surface area contributed by atoms with Gasteiger partial charge in [0.15, 0.2) is 11.6 Å². The number of ether oxygens (including phenoxy) is 1. The first-order valence-electron chi connectivity index (χ1n) is 7.03. The third kappa shape index (κ3) is 3.23. The number of ketones is 1. The van der Waals surface area contributed by atoms with Crippen LogP contribution in [0.25, 0.3) is 11.1 Å². The van der Waals surface area contributed by atoms with Crippen molar-refractivity contribution in [3.8, 4) is 16.9 Å². The summed E-state index contributed by atoms with van der Waals surface area (Å²) >= 11 is 5.92. The van der Waals surface area contributed by atoms with Crippen LogP contribution >= 0.6 is 11.6 Å². The highest BCUT2D eigenvalue weighted by atomic mass is 35.5. The molecule has 5 nitrogen and oxygen atoms in total. The van der Waals surface area contributed by atoms with Crippen molar-refractivity contribution < 1.29 is 18.7 Å². The first-order valence-corrected chi connectivity index (χ1v) is 7.40. The van der Waals surface area contributed by atoms with E-state index in [1.807, 2.05) is 0 Å². The van der Waals surface area contributed by atoms with Crippen LogP contribution in [0.3, 0.4) is 0 Å². The Hall–Kier alpha value is -2.47. The predicted molar refractivity (Wildman–Crippen MR) is 89.2 cm³/mol. The number of carbonyl (C=O) groups excluding carboxylic acids is 2. The number of hydrogen-bond donors (Lipinski definition) is 0. The molecule has 0 radical (unpaired) electrons. The molecule has 2 aromatic rings. The Morgan fingerprint density at radius 1 is 1.29 bits per heavy atom. The van der Waals surface area contributed by atoms with Gasteiger partial charge in [-0.1, -0.05) is 11.6 Å². The zero-order valence-corrected chi connectivity index (χ0v) is 14.4. The van der Waals surface area contributed by atoms with Crippen LogP contribution in [0.2, 0.25) is 5.02 Å². The van der Waals surface area contributed by atoms with Gasteiger partial charge in [0, 0.05) is 20.3 Å². The van der Waals surface area contributed by atoms with Gasteiger partial charge in [-0.15, -0.1) is 0 Å². The van der Waals surface area contributed by atoms with Crippen LogP contribution in [0, 0.1) is 5.82 Å². The third-order valence-electron chi connectivity index (χ3n) is 3.43. The second-order valence-electron chi connectivity index (χ2n) is 5.31. The lowest BCUT2D eigenvalue weighted by Gasteiger charge is -2.15. The molecular weight excluding hydrogens is 335 g/mol. The van der Waals surface area contributed by atoms with E-state index in [9.17, 15) is 14.0 Å². The van der Waals surface area contributed by atoms with E-state index in [-0.39, 0.29) is 39.3 Å². The number of carbonyl (C=O) groups is 2. The smallest absolute Gasteiger partial charge is 0.271 e. The molecule has 2 rings (SSSR count). The Morgan fingerprint density at radius 2 is 1.96 bits per heavy atom. The predicted octanol–water partition coefficient (Wildman–Crippen LogP) is 3.45. The van der Waals surface area contributed by atoms with Gasteiger partial charge in [0.1, 0.15) is 11.4 Å². The van der Waals surface area contributed by atoms with Crippen LogP contribution in [0.5, 0.6) is 5.75 Å². The molecule has 0 bridgehead atoms. The van der Waals surface area contributed by atoms with Gasteiger partial charge in [-0.05, 0) is 30.7 Å². The van der Waals surface area contributed by atoms with Crippen molar-refractivity contribution in [1.29, 1.82) is 0 Å². The second-order valence-corrected chi connectivity index (χ2v) is 5.72. The minimum absolute atomic E-state index is 0.0189. The molecule has 0 aliphatic rings. The van der Waals surface area contributed by atoms with Crippen molar-refractivity contribution in [2.45, 2.75) is 6.92 Å². The second kappa shape index (κ2) is 6.97. The van der Waals surface area contributed by atoms with Crippen LogP contribution in [-0.2, 0) is 0 Å². The summed E-state index contributed by atoms with van der Waals surface area (Å²) in [6.45, 7) is 1.34. The van der Waals surface area contributed by atoms with E-state index in [2.05, 4.69) is 4.98 Å². The number of rotatable bonds is 4. The number of nitrogens with zero attached hydrogens (tertiary/aromatic N) is 2. The maximum atomic E-state index is 14.6. The van der Waals surface area contributed by atoms with Gasteiger partial charge in [0.25, 0.3) is 5.91 Å². The zero-order chi connectivity index (χ0) is 18.0. The van der Waals surface area contributed by atoms with Crippen LogP contribution in [0.15, 0.2) is 24.4 Å². The molecule has 0 fully saturated rings. The average molecular weight is 351 g/mol. The van der Waals surface area contributed by atoms with Crippen molar-refractivity contribution in [1.82, 2.24) is 9.88 Å². The summed E-state index contributed by atoms with van der Waals surface area (Å²) in [5.74, 6) is -1.30. The van der Waals surface area contributed by atoms with Crippen molar-refractivity contribution in [3.05, 3.63) is 46.5 Å². The van der Waals surface area contributed by atoms with Crippen LogP contribution in [0.4, 0.5) is 4.39 Å². The minimum Gasteiger partial charge on any atom is -0.495 e. The van der Waals surface area contributed by atoms with Gasteiger partial charge in [0.2, 0.25) is 0 Å². The first kappa shape index (κ1) is 17.9. The average Bonchev–Trinajstić information content (AvgIpc) is 2.55. The quantitative estimate of drug-likeness (QED) is 0.792. The molecule has 0 N–H and O–H groups in total. The number of aromatic nitrogens is 1. The number of methoxy groups -OCH3 is 1. The molecule has 1 heterocycles. The maximum Gasteiger partial charge on any atom is 0.271 e. The molecule has 0 unspecified atom stereocenters. The van der Waals surface area contributed by atoms with Crippen molar-refractivity contribution in [2.24, 2.45) is 0 Å². The summed E-state index contributed by atoms with van der Waals surface area (Å²) in [7, 11) is 4.52. The van der Waals surface area contributed by atoms with Gasteiger partial charge in [0.05, 0.1) is 23.3 Å². The Morgan fingerprint density at radius 3 is 2.50 bits per heavy atom. The molecule has 1 aromatic heterocycles. The maximum absolute atomic E-state index is 14.6. The zero-order valence-electron chi connectivity index (χ0n) is 13.7. The molecule has 0 aliphatic carbocycles. The molecule has 126 valence electrons. The van der Waals surface area contributed by atoms with E-state index in [0.717, 1.165) is 0 Å². The number of Topliss-reactive ketones (excluding diaryl/α,β-unsaturated/α-hetero) is 1. The Labute approximate surface area is 144 Å². The number of hydrogen-bond acceptors (Lipinski definition) is 4. The SMILES string of the molecule is COc1c(C(C)=O)cc(Cl)c(F)c1-c1ccnc(C(=O)N(C)C)c1. The Bertz CT molecular complexity index is 822. The van der Waals surface area contributed by atoms with Gasteiger partial charge in [-0.3, -0.25) is 14.6 Å². The van der Waals surface area contributed by atoms with Gasteiger partial charge >= 0.3 is 0 Å². The fraction of sp³-hybridized carbons (Fsp3) is 0.235. The normalized spacial score (nSPS) is 10.4. The number of benzene rings is 1. The number of amides is 1. The van der Waals surface area contributed by atoms with Gasteiger partial charge in [-0.2, -0.15) is 0 Å². The van der Waals surface area contributed by atoms with E-state index < -0.39 is 5.82 Å². The lowest BCUT2D eigenvalue weighted by molar-refractivity contribution is 0.0821. The van der Waals surface area contributed by atoms with E-state index >= 15 is 0 Å². The monoisotopic (exact) mass is 350 g/mol. The first-order chi connectivity index (χ1) is 11.3. The Balaban J connectivity index is 2.75. The molecular formula is C17H16ClFN2O3. The van der Waals surface area contributed by atoms with Crippen molar-refractivity contribution in [3.63, 3.8) is 0 Å². The highest BCUT2D eigenvalue weighted by molar-refractivity contribution is 6.31.